The van der Waals surface area contributed by atoms with E-state index < -0.39 is 0 Å². The number of amides is 2. The molecule has 0 spiro atoms. The molecule has 0 aliphatic carbocycles. The summed E-state index contributed by atoms with van der Waals surface area (Å²) in [6, 6.07) is 0. The molecule has 0 aromatic carbocycles. The molecule has 0 aromatic heterocycles. The van der Waals surface area contributed by atoms with Gasteiger partial charge in [0, 0.05) is 39.0 Å². The Morgan fingerprint density at radius 3 is 1.22 bits per heavy atom. The van der Waals surface area contributed by atoms with Crippen molar-refractivity contribution < 1.29 is 9.59 Å². The normalized spacial score (nSPS) is 10.2. The topological polar surface area (TPSA) is 40.6 Å². The van der Waals surface area contributed by atoms with Crippen LogP contribution in [0.5, 0.6) is 0 Å². The summed E-state index contributed by atoms with van der Waals surface area (Å²) in [6.45, 7) is 10.8. The Balaban J connectivity index is 4.35. The van der Waals surface area contributed by atoms with Crippen LogP contribution in [0.4, 0.5) is 0 Å². The monoisotopic (exact) mass is 256 g/mol. The minimum absolute atomic E-state index is 0.178. The molecule has 0 aliphatic heterocycles. The van der Waals surface area contributed by atoms with E-state index in [9.17, 15) is 9.59 Å². The Kier molecular flexibility index (Phi) is 9.33. The number of hydrogen-bond acceptors (Lipinski definition) is 2. The zero-order chi connectivity index (χ0) is 14.0. The fourth-order valence-corrected chi connectivity index (χ4v) is 1.95. The molecule has 0 N–H and O–H groups in total. The van der Waals surface area contributed by atoms with Crippen molar-refractivity contribution in [3.8, 4) is 0 Å². The third-order valence-corrected chi connectivity index (χ3v) is 2.94. The van der Waals surface area contributed by atoms with Crippen molar-refractivity contribution in [2.24, 2.45) is 0 Å². The van der Waals surface area contributed by atoms with Crippen LogP contribution in [0.25, 0.3) is 0 Å². The van der Waals surface area contributed by atoms with E-state index in [1.54, 1.807) is 0 Å². The second-order valence-corrected chi connectivity index (χ2v) is 4.47. The SMILES string of the molecule is CCCN(CCN(CCC)C(=O)CC)C(=O)CC. The van der Waals surface area contributed by atoms with Gasteiger partial charge in [-0.1, -0.05) is 27.7 Å². The molecule has 0 rings (SSSR count). The highest BCUT2D eigenvalue weighted by Gasteiger charge is 2.14. The lowest BCUT2D eigenvalue weighted by atomic mass is 10.3. The van der Waals surface area contributed by atoms with Crippen LogP contribution in [0.15, 0.2) is 0 Å². The number of rotatable bonds is 9. The molecule has 0 saturated carbocycles. The standard InChI is InChI=1S/C14H28N2O2/c1-5-9-15(13(17)7-3)11-12-16(10-6-2)14(18)8-4/h5-12H2,1-4H3. The molecule has 0 aliphatic rings. The lowest BCUT2D eigenvalue weighted by molar-refractivity contribution is -0.135. The van der Waals surface area contributed by atoms with Crippen LogP contribution in [-0.2, 0) is 9.59 Å². The number of carbonyl (C=O) groups is 2. The van der Waals surface area contributed by atoms with Gasteiger partial charge in [0.1, 0.15) is 0 Å². The Morgan fingerprint density at radius 1 is 0.667 bits per heavy atom. The molecule has 4 nitrogen and oxygen atoms in total. The first-order valence-corrected chi connectivity index (χ1v) is 7.16. The average Bonchev–Trinajstić information content (AvgIpc) is 2.40. The number of carbonyl (C=O) groups excluding carboxylic acids is 2. The Labute approximate surface area is 111 Å². The molecule has 4 heteroatoms. The van der Waals surface area contributed by atoms with Crippen LogP contribution in [0, 0.1) is 0 Å². The largest absolute Gasteiger partial charge is 0.341 e. The fourth-order valence-electron chi connectivity index (χ4n) is 1.95. The third-order valence-electron chi connectivity index (χ3n) is 2.94. The highest BCUT2D eigenvalue weighted by Crippen LogP contribution is 2.01. The van der Waals surface area contributed by atoms with E-state index >= 15 is 0 Å². The molecule has 106 valence electrons. The molecule has 18 heavy (non-hydrogen) atoms. The van der Waals surface area contributed by atoms with Gasteiger partial charge in [-0.3, -0.25) is 9.59 Å². The van der Waals surface area contributed by atoms with Gasteiger partial charge < -0.3 is 9.80 Å². The second kappa shape index (κ2) is 9.92. The van der Waals surface area contributed by atoms with E-state index in [-0.39, 0.29) is 11.8 Å². The quantitative estimate of drug-likeness (QED) is 0.635. The van der Waals surface area contributed by atoms with Crippen molar-refractivity contribution >= 4 is 11.8 Å². The summed E-state index contributed by atoms with van der Waals surface area (Å²) in [6.07, 6.45) is 2.99. The molecule has 0 aromatic rings. The molecule has 2 amide bonds. The molecule has 0 fully saturated rings. The predicted octanol–water partition coefficient (Wildman–Crippen LogP) is 2.28. The number of hydrogen-bond donors (Lipinski definition) is 0. The fraction of sp³-hybridized carbons (Fsp3) is 0.857. The maximum absolute atomic E-state index is 11.7. The van der Waals surface area contributed by atoms with Gasteiger partial charge in [0.25, 0.3) is 0 Å². The van der Waals surface area contributed by atoms with Crippen LogP contribution in [0.2, 0.25) is 0 Å². The van der Waals surface area contributed by atoms with Gasteiger partial charge in [0.2, 0.25) is 11.8 Å². The lowest BCUT2D eigenvalue weighted by Crippen LogP contribution is -2.41. The molecule has 0 atom stereocenters. The first-order valence-electron chi connectivity index (χ1n) is 7.16. The summed E-state index contributed by atoms with van der Waals surface area (Å²) < 4.78 is 0. The van der Waals surface area contributed by atoms with Crippen molar-refractivity contribution in [3.63, 3.8) is 0 Å². The van der Waals surface area contributed by atoms with Crippen molar-refractivity contribution in [1.29, 1.82) is 0 Å². The minimum Gasteiger partial charge on any atom is -0.341 e. The van der Waals surface area contributed by atoms with Gasteiger partial charge in [-0.05, 0) is 12.8 Å². The Hall–Kier alpha value is -1.06. The molecule has 0 unspecified atom stereocenters. The molecule has 0 radical (unpaired) electrons. The highest BCUT2D eigenvalue weighted by atomic mass is 16.2. The first kappa shape index (κ1) is 16.9. The molecule has 0 bridgehead atoms. The van der Waals surface area contributed by atoms with Gasteiger partial charge in [-0.2, -0.15) is 0 Å². The second-order valence-electron chi connectivity index (χ2n) is 4.47. The van der Waals surface area contributed by atoms with Crippen molar-refractivity contribution in [3.05, 3.63) is 0 Å². The van der Waals surface area contributed by atoms with Crippen molar-refractivity contribution in [1.82, 2.24) is 9.80 Å². The van der Waals surface area contributed by atoms with Crippen LogP contribution in [0.1, 0.15) is 53.4 Å². The molecular weight excluding hydrogens is 228 g/mol. The van der Waals surface area contributed by atoms with E-state index in [4.69, 9.17) is 0 Å². The minimum atomic E-state index is 0.178. The van der Waals surface area contributed by atoms with E-state index in [0.717, 1.165) is 25.9 Å². The van der Waals surface area contributed by atoms with Gasteiger partial charge in [0.15, 0.2) is 0 Å². The molecule has 0 saturated heterocycles. The maximum Gasteiger partial charge on any atom is 0.222 e. The summed E-state index contributed by atoms with van der Waals surface area (Å²) in [7, 11) is 0. The van der Waals surface area contributed by atoms with E-state index in [1.165, 1.54) is 0 Å². The Bertz CT molecular complexity index is 228. The summed E-state index contributed by atoms with van der Waals surface area (Å²) in [4.78, 5) is 27.2. The van der Waals surface area contributed by atoms with Gasteiger partial charge in [-0.15, -0.1) is 0 Å². The molecular formula is C14H28N2O2. The maximum atomic E-state index is 11.7. The Morgan fingerprint density at radius 2 is 1.00 bits per heavy atom. The van der Waals surface area contributed by atoms with Crippen LogP contribution >= 0.6 is 0 Å². The zero-order valence-corrected chi connectivity index (χ0v) is 12.4. The summed E-state index contributed by atoms with van der Waals surface area (Å²) in [5, 5.41) is 0. The summed E-state index contributed by atoms with van der Waals surface area (Å²) in [5.74, 6) is 0.356. The van der Waals surface area contributed by atoms with E-state index in [1.807, 2.05) is 23.6 Å². The van der Waals surface area contributed by atoms with Gasteiger partial charge >= 0.3 is 0 Å². The lowest BCUT2D eigenvalue weighted by Gasteiger charge is -2.27. The average molecular weight is 256 g/mol. The zero-order valence-electron chi connectivity index (χ0n) is 12.4. The molecule has 0 heterocycles. The van der Waals surface area contributed by atoms with Crippen molar-refractivity contribution in [2.45, 2.75) is 53.4 Å². The van der Waals surface area contributed by atoms with E-state index in [2.05, 4.69) is 13.8 Å². The van der Waals surface area contributed by atoms with Gasteiger partial charge in [0.05, 0.1) is 0 Å². The first-order chi connectivity index (χ1) is 8.60. The van der Waals surface area contributed by atoms with Gasteiger partial charge in [-0.25, -0.2) is 0 Å². The summed E-state index contributed by atoms with van der Waals surface area (Å²) in [5.41, 5.74) is 0. The summed E-state index contributed by atoms with van der Waals surface area (Å²) >= 11 is 0. The smallest absolute Gasteiger partial charge is 0.222 e. The van der Waals surface area contributed by atoms with Crippen LogP contribution in [0.3, 0.4) is 0 Å². The van der Waals surface area contributed by atoms with E-state index in [0.29, 0.717) is 25.9 Å². The number of nitrogens with zero attached hydrogens (tertiary/aromatic N) is 2. The highest BCUT2D eigenvalue weighted by molar-refractivity contribution is 5.77. The third kappa shape index (κ3) is 6.03. The van der Waals surface area contributed by atoms with Crippen molar-refractivity contribution in [2.75, 3.05) is 26.2 Å². The van der Waals surface area contributed by atoms with Crippen LogP contribution in [-0.4, -0.2) is 47.8 Å². The van der Waals surface area contributed by atoms with Crippen LogP contribution < -0.4 is 0 Å². The predicted molar refractivity (Wildman–Crippen MR) is 74.3 cm³/mol.